The van der Waals surface area contributed by atoms with Crippen LogP contribution in [0.25, 0.3) is 16.7 Å². The molecule has 3 aromatic rings. The predicted octanol–water partition coefficient (Wildman–Crippen LogP) is 3.07. The summed E-state index contributed by atoms with van der Waals surface area (Å²) in [6, 6.07) is 15.2. The van der Waals surface area contributed by atoms with Crippen molar-refractivity contribution in [2.75, 3.05) is 20.2 Å². The van der Waals surface area contributed by atoms with Crippen LogP contribution in [-0.2, 0) is 4.79 Å². The maximum Gasteiger partial charge on any atom is 0.324 e. The number of fused-ring (bicyclic) bond motifs is 1. The summed E-state index contributed by atoms with van der Waals surface area (Å²) in [6.07, 6.45) is 0. The molecule has 0 saturated carbocycles. The van der Waals surface area contributed by atoms with Crippen LogP contribution >= 0.6 is 11.8 Å². The van der Waals surface area contributed by atoms with Gasteiger partial charge in [-0.2, -0.15) is 0 Å². The van der Waals surface area contributed by atoms with Crippen LogP contribution in [0.4, 0.5) is 4.79 Å². The highest BCUT2D eigenvalue weighted by Crippen LogP contribution is 2.31. The van der Waals surface area contributed by atoms with Crippen molar-refractivity contribution in [3.05, 3.63) is 48.5 Å². The summed E-state index contributed by atoms with van der Waals surface area (Å²) in [7, 11) is 1.63. The van der Waals surface area contributed by atoms with Crippen molar-refractivity contribution >= 4 is 34.7 Å². The first-order valence-electron chi connectivity index (χ1n) is 8.96. The van der Waals surface area contributed by atoms with Crippen LogP contribution in [-0.4, -0.2) is 51.8 Å². The van der Waals surface area contributed by atoms with Gasteiger partial charge in [0.2, 0.25) is 5.91 Å². The molecular weight excluding hydrogens is 376 g/mol. The number of aromatic nitrogens is 2. The van der Waals surface area contributed by atoms with Crippen molar-refractivity contribution < 1.29 is 14.3 Å². The van der Waals surface area contributed by atoms with Crippen LogP contribution in [0.1, 0.15) is 6.92 Å². The lowest BCUT2D eigenvalue weighted by Crippen LogP contribution is -2.39. The zero-order valence-corrected chi connectivity index (χ0v) is 16.4. The number of imide groups is 1. The Kier molecular flexibility index (Phi) is 4.95. The summed E-state index contributed by atoms with van der Waals surface area (Å²) in [5.74, 6) is 0.555. The van der Waals surface area contributed by atoms with E-state index in [9.17, 15) is 9.59 Å². The molecule has 0 radical (unpaired) electrons. The van der Waals surface area contributed by atoms with Gasteiger partial charge in [-0.1, -0.05) is 23.9 Å². The van der Waals surface area contributed by atoms with Gasteiger partial charge in [0.1, 0.15) is 5.75 Å². The Labute approximate surface area is 166 Å². The minimum absolute atomic E-state index is 0.215. The van der Waals surface area contributed by atoms with Crippen LogP contribution in [0.2, 0.25) is 0 Å². The molecule has 1 fully saturated rings. The Morgan fingerprint density at radius 1 is 1.21 bits per heavy atom. The zero-order valence-electron chi connectivity index (χ0n) is 15.6. The molecular formula is C20H20N4O3S. The zero-order chi connectivity index (χ0) is 19.7. The van der Waals surface area contributed by atoms with Crippen molar-refractivity contribution in [3.63, 3.8) is 0 Å². The van der Waals surface area contributed by atoms with Crippen LogP contribution in [0, 0.1) is 0 Å². The topological polar surface area (TPSA) is 76.5 Å². The van der Waals surface area contributed by atoms with Gasteiger partial charge < -0.3 is 10.1 Å². The Hall–Kier alpha value is -3.00. The number of carbonyl (C=O) groups excluding carboxylic acids is 2. The molecule has 1 aliphatic heterocycles. The van der Waals surface area contributed by atoms with Gasteiger partial charge in [0.25, 0.3) is 0 Å². The molecule has 1 atom stereocenters. The van der Waals surface area contributed by atoms with Gasteiger partial charge in [0.15, 0.2) is 5.16 Å². The molecule has 0 aliphatic carbocycles. The maximum absolute atomic E-state index is 12.7. The average Bonchev–Trinajstić information content (AvgIpc) is 3.30. The minimum Gasteiger partial charge on any atom is -0.497 e. The highest BCUT2D eigenvalue weighted by Gasteiger charge is 2.31. The first-order chi connectivity index (χ1) is 13.6. The molecule has 8 heteroatoms. The monoisotopic (exact) mass is 396 g/mol. The normalized spacial score (nSPS) is 14.9. The number of nitrogens with one attached hydrogen (secondary N) is 1. The predicted molar refractivity (Wildman–Crippen MR) is 108 cm³/mol. The van der Waals surface area contributed by atoms with E-state index in [-0.39, 0.29) is 11.9 Å². The van der Waals surface area contributed by atoms with E-state index in [1.165, 1.54) is 16.7 Å². The molecule has 3 amide bonds. The number of thioether (sulfide) groups is 1. The van der Waals surface area contributed by atoms with E-state index in [1.54, 1.807) is 14.0 Å². The van der Waals surface area contributed by atoms with Gasteiger partial charge in [0, 0.05) is 18.8 Å². The smallest absolute Gasteiger partial charge is 0.324 e. The molecule has 0 bridgehead atoms. The summed E-state index contributed by atoms with van der Waals surface area (Å²) in [4.78, 5) is 30.5. The summed E-state index contributed by atoms with van der Waals surface area (Å²) in [5.41, 5.74) is 2.73. The molecule has 7 nitrogen and oxygen atoms in total. The molecule has 1 saturated heterocycles. The number of imidazole rings is 1. The molecule has 0 spiro atoms. The lowest BCUT2D eigenvalue weighted by atomic mass is 10.2. The number of hydrogen-bond donors (Lipinski definition) is 1. The summed E-state index contributed by atoms with van der Waals surface area (Å²) in [5, 5.41) is 2.92. The number of rotatable bonds is 5. The molecule has 1 aliphatic rings. The number of para-hydroxylation sites is 2. The molecule has 2 aromatic carbocycles. The van der Waals surface area contributed by atoms with Crippen LogP contribution in [0.5, 0.6) is 5.75 Å². The Bertz CT molecular complexity index is 1030. The van der Waals surface area contributed by atoms with Crippen molar-refractivity contribution in [2.24, 2.45) is 0 Å². The Morgan fingerprint density at radius 2 is 1.96 bits per heavy atom. The van der Waals surface area contributed by atoms with Gasteiger partial charge in [-0.3, -0.25) is 14.3 Å². The highest BCUT2D eigenvalue weighted by atomic mass is 32.2. The van der Waals surface area contributed by atoms with E-state index in [1.807, 2.05) is 53.1 Å². The molecule has 1 aromatic heterocycles. The summed E-state index contributed by atoms with van der Waals surface area (Å²) in [6.45, 7) is 2.69. The average molecular weight is 396 g/mol. The fraction of sp³-hybridized carbons (Fsp3) is 0.250. The van der Waals surface area contributed by atoms with Gasteiger partial charge in [0.05, 0.1) is 23.4 Å². The molecule has 1 unspecified atom stereocenters. The van der Waals surface area contributed by atoms with E-state index >= 15 is 0 Å². The second kappa shape index (κ2) is 7.55. The number of amides is 3. The Balaban J connectivity index is 1.70. The Morgan fingerprint density at radius 3 is 2.64 bits per heavy atom. The van der Waals surface area contributed by atoms with Crippen molar-refractivity contribution in [1.29, 1.82) is 0 Å². The van der Waals surface area contributed by atoms with Gasteiger partial charge in [-0.25, -0.2) is 9.78 Å². The van der Waals surface area contributed by atoms with Gasteiger partial charge in [-0.05, 0) is 43.3 Å². The largest absolute Gasteiger partial charge is 0.497 e. The third-order valence-corrected chi connectivity index (χ3v) is 5.65. The lowest BCUT2D eigenvalue weighted by Gasteiger charge is -2.18. The van der Waals surface area contributed by atoms with E-state index in [4.69, 9.17) is 9.72 Å². The first-order valence-corrected chi connectivity index (χ1v) is 9.84. The first kappa shape index (κ1) is 18.4. The number of urea groups is 1. The summed E-state index contributed by atoms with van der Waals surface area (Å²) >= 11 is 1.35. The number of carbonyl (C=O) groups is 2. The van der Waals surface area contributed by atoms with Crippen LogP contribution < -0.4 is 10.1 Å². The lowest BCUT2D eigenvalue weighted by molar-refractivity contribution is -0.126. The van der Waals surface area contributed by atoms with Crippen molar-refractivity contribution in [3.8, 4) is 11.4 Å². The molecule has 4 rings (SSSR count). The van der Waals surface area contributed by atoms with E-state index in [2.05, 4.69) is 5.32 Å². The molecule has 2 heterocycles. The van der Waals surface area contributed by atoms with Crippen LogP contribution in [0.15, 0.2) is 53.7 Å². The van der Waals surface area contributed by atoms with Gasteiger partial charge >= 0.3 is 6.03 Å². The fourth-order valence-electron chi connectivity index (χ4n) is 3.17. The van der Waals surface area contributed by atoms with Crippen molar-refractivity contribution in [1.82, 2.24) is 19.8 Å². The number of nitrogens with zero attached hydrogens (tertiary/aromatic N) is 3. The number of hydrogen-bond acceptors (Lipinski definition) is 5. The van der Waals surface area contributed by atoms with Gasteiger partial charge in [-0.15, -0.1) is 0 Å². The van der Waals surface area contributed by atoms with Crippen LogP contribution in [0.3, 0.4) is 0 Å². The SMILES string of the molecule is COc1ccc(-n2c(SC(C)C(=O)N3CCNC3=O)nc3ccccc32)cc1. The second-order valence-corrected chi connectivity index (χ2v) is 7.71. The van der Waals surface area contributed by atoms with E-state index in [0.717, 1.165) is 22.5 Å². The highest BCUT2D eigenvalue weighted by molar-refractivity contribution is 8.00. The second-order valence-electron chi connectivity index (χ2n) is 6.40. The number of methoxy groups -OCH3 is 1. The molecule has 144 valence electrons. The third kappa shape index (κ3) is 3.31. The quantitative estimate of drug-likeness (QED) is 0.671. The number of ether oxygens (including phenoxy) is 1. The standard InChI is InChI=1S/C20H20N4O3S/c1-13(18(25)23-12-11-21-19(23)26)28-20-22-16-5-3-4-6-17(16)24(20)14-7-9-15(27-2)10-8-14/h3-10,13H,11-12H2,1-2H3,(H,21,26). The maximum atomic E-state index is 12.7. The fourth-order valence-corrected chi connectivity index (χ4v) is 4.18. The number of benzene rings is 2. The third-order valence-electron chi connectivity index (χ3n) is 4.61. The minimum atomic E-state index is -0.447. The molecule has 1 N–H and O–H groups in total. The van der Waals surface area contributed by atoms with E-state index < -0.39 is 5.25 Å². The van der Waals surface area contributed by atoms with Crippen molar-refractivity contribution in [2.45, 2.75) is 17.3 Å². The van der Waals surface area contributed by atoms with E-state index in [0.29, 0.717) is 18.2 Å². The molecule has 28 heavy (non-hydrogen) atoms. The summed E-state index contributed by atoms with van der Waals surface area (Å²) < 4.78 is 7.27.